The third-order valence-electron chi connectivity index (χ3n) is 8.14. The molecule has 2 heteroatoms. The summed E-state index contributed by atoms with van der Waals surface area (Å²) in [5, 5.41) is 1.63. The van der Waals surface area contributed by atoms with E-state index < -0.39 is 0 Å². The van der Waals surface area contributed by atoms with Gasteiger partial charge in [0.1, 0.15) is 6.61 Å². The molecule has 0 amide bonds. The summed E-state index contributed by atoms with van der Waals surface area (Å²) in [6, 6.07) is 10.0. The first-order valence-electron chi connectivity index (χ1n) is 12.6. The highest BCUT2D eigenvalue weighted by molar-refractivity contribution is 5.85. The molecule has 31 heavy (non-hydrogen) atoms. The molecule has 0 radical (unpaired) electrons. The lowest BCUT2D eigenvalue weighted by Gasteiger charge is -2.32. The first-order valence-corrected chi connectivity index (χ1v) is 12.6. The van der Waals surface area contributed by atoms with Crippen molar-refractivity contribution in [1.29, 1.82) is 0 Å². The van der Waals surface area contributed by atoms with E-state index in [1.807, 2.05) is 12.1 Å². The van der Waals surface area contributed by atoms with Gasteiger partial charge in [-0.15, -0.1) is 0 Å². The largest absolute Gasteiger partial charge is 0.486 e. The maximum absolute atomic E-state index is 14.7. The van der Waals surface area contributed by atoms with Gasteiger partial charge in [-0.1, -0.05) is 88.8 Å². The number of fused-ring (bicyclic) bond motifs is 1. The van der Waals surface area contributed by atoms with E-state index in [1.165, 1.54) is 76.2 Å². The van der Waals surface area contributed by atoms with Gasteiger partial charge in [0.15, 0.2) is 11.6 Å². The third kappa shape index (κ3) is 5.51. The highest BCUT2D eigenvalue weighted by Crippen LogP contribution is 2.41. The summed E-state index contributed by atoms with van der Waals surface area (Å²) < 4.78 is 20.2. The second-order valence-corrected chi connectivity index (χ2v) is 10.0. The van der Waals surface area contributed by atoms with Gasteiger partial charge in [-0.25, -0.2) is 4.39 Å². The van der Waals surface area contributed by atoms with Gasteiger partial charge in [-0.2, -0.15) is 0 Å². The summed E-state index contributed by atoms with van der Waals surface area (Å²) in [6.45, 7) is 6.31. The van der Waals surface area contributed by atoms with Crippen LogP contribution in [-0.4, -0.2) is 6.61 Å². The lowest BCUT2D eigenvalue weighted by Crippen LogP contribution is -2.17. The van der Waals surface area contributed by atoms with Crippen LogP contribution in [0.2, 0.25) is 0 Å². The maximum Gasteiger partial charge on any atom is 0.172 e. The fraction of sp³-hybridized carbons (Fsp3) is 0.586. The van der Waals surface area contributed by atoms with Crippen LogP contribution < -0.4 is 4.74 Å². The van der Waals surface area contributed by atoms with Crippen molar-refractivity contribution in [3.63, 3.8) is 0 Å². The lowest BCUT2D eigenvalue weighted by atomic mass is 9.74. The first-order chi connectivity index (χ1) is 15.2. The van der Waals surface area contributed by atoms with Crippen LogP contribution in [0.1, 0.15) is 89.0 Å². The smallest absolute Gasteiger partial charge is 0.172 e. The van der Waals surface area contributed by atoms with Crippen LogP contribution in [0.3, 0.4) is 0 Å². The summed E-state index contributed by atoms with van der Waals surface area (Å²) in [5.41, 5.74) is 1.38. The predicted octanol–water partition coefficient (Wildman–Crippen LogP) is 8.81. The molecule has 0 aliphatic heterocycles. The van der Waals surface area contributed by atoms with Gasteiger partial charge in [0, 0.05) is 5.39 Å². The van der Waals surface area contributed by atoms with E-state index in [9.17, 15) is 4.39 Å². The molecule has 2 fully saturated rings. The van der Waals surface area contributed by atoms with Crippen molar-refractivity contribution in [2.24, 2.45) is 17.8 Å². The number of halogens is 1. The number of benzene rings is 2. The molecule has 2 aliphatic rings. The maximum atomic E-state index is 14.7. The first kappa shape index (κ1) is 22.4. The highest BCUT2D eigenvalue weighted by Gasteiger charge is 2.25. The van der Waals surface area contributed by atoms with Crippen LogP contribution in [0.5, 0.6) is 5.75 Å². The van der Waals surface area contributed by atoms with Crippen LogP contribution in [0.25, 0.3) is 10.8 Å². The molecular formula is C29H39FO. The van der Waals surface area contributed by atoms with E-state index in [-0.39, 0.29) is 5.82 Å². The molecular weight excluding hydrogens is 383 g/mol. The Kier molecular flexibility index (Phi) is 7.69. The summed E-state index contributed by atoms with van der Waals surface area (Å²) in [4.78, 5) is 0. The van der Waals surface area contributed by atoms with Crippen molar-refractivity contribution in [2.45, 2.75) is 83.5 Å². The van der Waals surface area contributed by atoms with Gasteiger partial charge < -0.3 is 4.74 Å². The molecule has 0 unspecified atom stereocenters. The minimum absolute atomic E-state index is 0.262. The highest BCUT2D eigenvalue weighted by atomic mass is 19.1. The molecule has 168 valence electrons. The molecule has 2 aromatic rings. The molecule has 0 atom stereocenters. The monoisotopic (exact) mass is 422 g/mol. The zero-order valence-electron chi connectivity index (χ0n) is 19.3. The molecule has 2 saturated carbocycles. The van der Waals surface area contributed by atoms with Crippen molar-refractivity contribution >= 4 is 10.8 Å². The van der Waals surface area contributed by atoms with Crippen molar-refractivity contribution in [3.05, 3.63) is 54.4 Å². The van der Waals surface area contributed by atoms with E-state index in [1.54, 1.807) is 12.1 Å². The van der Waals surface area contributed by atoms with Crippen LogP contribution in [0, 0.1) is 23.6 Å². The Hall–Kier alpha value is -1.83. The van der Waals surface area contributed by atoms with Gasteiger partial charge in [0.2, 0.25) is 0 Å². The molecule has 0 aromatic heterocycles. The standard InChI is InChI=1S/C29H39FO/c1-3-19-31-28-18-16-26-20-25(15-17-27(26)29(28)30)24-13-11-23(12-14-24)10-9-22-7-5-21(4-2)6-8-22/h3,15-18,20-24H,1,4-14,19H2,2H3. The minimum Gasteiger partial charge on any atom is -0.486 e. The number of hydrogen-bond donors (Lipinski definition) is 0. The zero-order valence-corrected chi connectivity index (χ0v) is 19.3. The molecule has 0 N–H and O–H groups in total. The van der Waals surface area contributed by atoms with Crippen molar-refractivity contribution in [2.75, 3.05) is 6.61 Å². The number of rotatable bonds is 8. The molecule has 0 saturated heterocycles. The Bertz CT molecular complexity index is 856. The van der Waals surface area contributed by atoms with E-state index in [0.29, 0.717) is 23.7 Å². The van der Waals surface area contributed by atoms with E-state index in [4.69, 9.17) is 4.74 Å². The Balaban J connectivity index is 1.29. The predicted molar refractivity (Wildman–Crippen MR) is 129 cm³/mol. The topological polar surface area (TPSA) is 9.23 Å². The molecule has 2 aliphatic carbocycles. The normalized spacial score (nSPS) is 26.6. The Morgan fingerprint density at radius 1 is 0.903 bits per heavy atom. The van der Waals surface area contributed by atoms with E-state index >= 15 is 0 Å². The summed E-state index contributed by atoms with van der Waals surface area (Å²) in [5.74, 6) is 3.60. The Morgan fingerprint density at radius 3 is 2.19 bits per heavy atom. The summed E-state index contributed by atoms with van der Waals surface area (Å²) in [6.07, 6.45) is 17.1. The van der Waals surface area contributed by atoms with Gasteiger partial charge >= 0.3 is 0 Å². The van der Waals surface area contributed by atoms with E-state index in [2.05, 4.69) is 25.6 Å². The lowest BCUT2D eigenvalue weighted by molar-refractivity contribution is 0.227. The fourth-order valence-corrected chi connectivity index (χ4v) is 5.99. The fourth-order valence-electron chi connectivity index (χ4n) is 5.99. The van der Waals surface area contributed by atoms with Crippen LogP contribution >= 0.6 is 0 Å². The van der Waals surface area contributed by atoms with Gasteiger partial charge in [0.25, 0.3) is 0 Å². The quantitative estimate of drug-likeness (QED) is 0.386. The molecule has 4 rings (SSSR count). The third-order valence-corrected chi connectivity index (χ3v) is 8.14. The zero-order chi connectivity index (χ0) is 21.6. The van der Waals surface area contributed by atoms with Crippen LogP contribution in [0.4, 0.5) is 4.39 Å². The van der Waals surface area contributed by atoms with Crippen LogP contribution in [0.15, 0.2) is 43.0 Å². The van der Waals surface area contributed by atoms with Crippen molar-refractivity contribution < 1.29 is 9.13 Å². The summed E-state index contributed by atoms with van der Waals surface area (Å²) >= 11 is 0. The van der Waals surface area contributed by atoms with Crippen molar-refractivity contribution in [3.8, 4) is 5.75 Å². The van der Waals surface area contributed by atoms with Gasteiger partial charge in [0.05, 0.1) is 0 Å². The van der Waals surface area contributed by atoms with Gasteiger partial charge in [-0.3, -0.25) is 0 Å². The molecule has 0 bridgehead atoms. The number of hydrogen-bond acceptors (Lipinski definition) is 1. The minimum atomic E-state index is -0.262. The average Bonchev–Trinajstić information content (AvgIpc) is 2.83. The molecule has 0 spiro atoms. The second kappa shape index (κ2) is 10.7. The Morgan fingerprint density at radius 2 is 1.55 bits per heavy atom. The Labute approximate surface area is 188 Å². The van der Waals surface area contributed by atoms with Crippen LogP contribution in [-0.2, 0) is 0 Å². The SMILES string of the molecule is C=CCOc1ccc2cc(C3CCC(CCC4CCC(CC)CC4)CC3)ccc2c1F. The molecule has 0 heterocycles. The van der Waals surface area contributed by atoms with Gasteiger partial charge in [-0.05, 0) is 66.4 Å². The average molecular weight is 423 g/mol. The number of ether oxygens (including phenoxy) is 1. The van der Waals surface area contributed by atoms with Crippen molar-refractivity contribution in [1.82, 2.24) is 0 Å². The second-order valence-electron chi connectivity index (χ2n) is 10.0. The molecule has 2 aromatic carbocycles. The summed E-state index contributed by atoms with van der Waals surface area (Å²) in [7, 11) is 0. The van der Waals surface area contributed by atoms with E-state index in [0.717, 1.165) is 23.1 Å². The molecule has 1 nitrogen and oxygen atoms in total.